The second-order valence-electron chi connectivity index (χ2n) is 3.94. The molecule has 0 spiro atoms. The van der Waals surface area contributed by atoms with Crippen molar-refractivity contribution in [2.45, 2.75) is 6.92 Å². The lowest BCUT2D eigenvalue weighted by atomic mass is 10.1. The van der Waals surface area contributed by atoms with Crippen molar-refractivity contribution in [3.05, 3.63) is 17.3 Å². The number of nitrogens with zero attached hydrogens (tertiary/aromatic N) is 1. The number of nitrogens with two attached hydrogens (primary N) is 1. The largest absolute Gasteiger partial charge is 0.495 e. The lowest BCUT2D eigenvalue weighted by molar-refractivity contribution is 0.397. The minimum atomic E-state index is 0.467. The maximum atomic E-state index is 6.37. The van der Waals surface area contributed by atoms with Crippen LogP contribution in [0.1, 0.15) is 6.92 Å². The van der Waals surface area contributed by atoms with Crippen molar-refractivity contribution in [2.75, 3.05) is 31.8 Å². The van der Waals surface area contributed by atoms with E-state index >= 15 is 0 Å². The van der Waals surface area contributed by atoms with Crippen LogP contribution in [0, 0.1) is 0 Å². The van der Waals surface area contributed by atoms with Crippen molar-refractivity contribution in [1.29, 1.82) is 0 Å². The molecule has 2 aromatic rings. The van der Waals surface area contributed by atoms with Gasteiger partial charge in [0.05, 0.1) is 42.2 Å². The highest BCUT2D eigenvalue weighted by molar-refractivity contribution is 6.38. The molecule has 1 aromatic carbocycles. The molecule has 0 bridgehead atoms. The molecule has 102 valence electrons. The fourth-order valence-corrected chi connectivity index (χ4v) is 2.29. The molecule has 0 aliphatic carbocycles. The van der Waals surface area contributed by atoms with E-state index in [4.69, 9.17) is 26.8 Å². The van der Waals surface area contributed by atoms with Crippen LogP contribution in [0.25, 0.3) is 10.9 Å². The van der Waals surface area contributed by atoms with E-state index in [9.17, 15) is 0 Å². The van der Waals surface area contributed by atoms with E-state index < -0.39 is 0 Å². The van der Waals surface area contributed by atoms with Crippen LogP contribution in [0.2, 0.25) is 5.02 Å². The van der Waals surface area contributed by atoms with Gasteiger partial charge in [0.15, 0.2) is 0 Å². The highest BCUT2D eigenvalue weighted by Gasteiger charge is 2.17. The van der Waals surface area contributed by atoms with Gasteiger partial charge in [-0.25, -0.2) is 4.98 Å². The van der Waals surface area contributed by atoms with Crippen LogP contribution in [0.4, 0.5) is 11.4 Å². The third-order valence-electron chi connectivity index (χ3n) is 2.83. The number of hydrogen-bond acceptors (Lipinski definition) is 5. The Morgan fingerprint density at radius 2 is 2.00 bits per heavy atom. The molecule has 19 heavy (non-hydrogen) atoms. The maximum absolute atomic E-state index is 6.37. The zero-order chi connectivity index (χ0) is 14.0. The summed E-state index contributed by atoms with van der Waals surface area (Å²) in [4.78, 5) is 4.30. The van der Waals surface area contributed by atoms with Crippen molar-refractivity contribution in [3.63, 3.8) is 0 Å². The van der Waals surface area contributed by atoms with Gasteiger partial charge in [0.2, 0.25) is 0 Å². The summed E-state index contributed by atoms with van der Waals surface area (Å²) >= 11 is 6.37. The van der Waals surface area contributed by atoms with Gasteiger partial charge in [-0.15, -0.1) is 0 Å². The third kappa shape index (κ3) is 2.21. The highest BCUT2D eigenvalue weighted by atomic mass is 35.5. The first-order chi connectivity index (χ1) is 9.13. The average molecular weight is 282 g/mol. The number of hydrogen-bond donors (Lipinski definition) is 2. The van der Waals surface area contributed by atoms with Crippen molar-refractivity contribution in [3.8, 4) is 11.5 Å². The molecule has 6 heteroatoms. The Morgan fingerprint density at radius 1 is 1.32 bits per heavy atom. The molecule has 0 radical (unpaired) electrons. The van der Waals surface area contributed by atoms with Gasteiger partial charge in [-0.3, -0.25) is 0 Å². The van der Waals surface area contributed by atoms with Crippen LogP contribution in [0.5, 0.6) is 11.5 Å². The van der Waals surface area contributed by atoms with Crippen LogP contribution in [-0.2, 0) is 0 Å². The van der Waals surface area contributed by atoms with E-state index in [1.54, 1.807) is 26.5 Å². The van der Waals surface area contributed by atoms with E-state index in [1.165, 1.54) is 0 Å². The van der Waals surface area contributed by atoms with Crippen LogP contribution < -0.4 is 20.5 Å². The zero-order valence-electron chi connectivity index (χ0n) is 11.1. The predicted octanol–water partition coefficient (Wildman–Crippen LogP) is 2.92. The number of rotatable bonds is 4. The Labute approximate surface area is 116 Å². The molecule has 3 N–H and O–H groups in total. The molecule has 0 saturated heterocycles. The molecule has 0 fully saturated rings. The summed E-state index contributed by atoms with van der Waals surface area (Å²) in [6, 6.07) is 1.71. The van der Waals surface area contributed by atoms with Crippen LogP contribution in [0.3, 0.4) is 0 Å². The third-order valence-corrected chi connectivity index (χ3v) is 3.21. The second kappa shape index (κ2) is 5.40. The standard InChI is InChI=1S/C13H16ClN3O2/c1-4-16-12-7(15)6-17-13-9(19-3)5-8(18-2)11(14)10(12)13/h5-6H,4,15H2,1-3H3,(H,16,17). The molecule has 0 unspecified atom stereocenters. The van der Waals surface area contributed by atoms with Gasteiger partial charge < -0.3 is 20.5 Å². The number of aromatic nitrogens is 1. The highest BCUT2D eigenvalue weighted by Crippen LogP contribution is 2.43. The maximum Gasteiger partial charge on any atom is 0.148 e. The molecule has 1 aromatic heterocycles. The van der Waals surface area contributed by atoms with Crippen LogP contribution >= 0.6 is 11.6 Å². The van der Waals surface area contributed by atoms with Crippen molar-refractivity contribution in [1.82, 2.24) is 4.98 Å². The normalized spacial score (nSPS) is 10.5. The fraction of sp³-hybridized carbons (Fsp3) is 0.308. The van der Waals surface area contributed by atoms with Gasteiger partial charge in [-0.05, 0) is 6.92 Å². The number of methoxy groups -OCH3 is 2. The summed E-state index contributed by atoms with van der Waals surface area (Å²) in [7, 11) is 3.13. The Bertz CT molecular complexity index is 617. The van der Waals surface area contributed by atoms with Gasteiger partial charge in [0, 0.05) is 12.6 Å². The monoisotopic (exact) mass is 281 g/mol. The van der Waals surface area contributed by atoms with Crippen LogP contribution in [0.15, 0.2) is 12.3 Å². The summed E-state index contributed by atoms with van der Waals surface area (Å²) in [6.07, 6.45) is 1.59. The molecular weight excluding hydrogens is 266 g/mol. The lowest BCUT2D eigenvalue weighted by Crippen LogP contribution is -2.04. The van der Waals surface area contributed by atoms with Crippen LogP contribution in [-0.4, -0.2) is 25.7 Å². The minimum Gasteiger partial charge on any atom is -0.495 e. The van der Waals surface area contributed by atoms with Gasteiger partial charge in [-0.2, -0.15) is 0 Å². The molecule has 0 aliphatic heterocycles. The first-order valence-electron chi connectivity index (χ1n) is 5.86. The topological polar surface area (TPSA) is 69.4 Å². The predicted molar refractivity (Wildman–Crippen MR) is 78.4 cm³/mol. The SMILES string of the molecule is CCNc1c(N)cnc2c(OC)cc(OC)c(Cl)c12. The first-order valence-corrected chi connectivity index (χ1v) is 6.24. The molecular formula is C13H16ClN3O2. The number of nitrogen functional groups attached to an aromatic ring is 1. The Balaban J connectivity index is 2.89. The molecule has 0 amide bonds. The minimum absolute atomic E-state index is 0.467. The van der Waals surface area contributed by atoms with Gasteiger partial charge in [-0.1, -0.05) is 11.6 Å². The van der Waals surface area contributed by atoms with E-state index in [-0.39, 0.29) is 0 Å². The number of fused-ring (bicyclic) bond motifs is 1. The zero-order valence-corrected chi connectivity index (χ0v) is 11.8. The number of pyridine rings is 1. The molecule has 0 atom stereocenters. The smallest absolute Gasteiger partial charge is 0.148 e. The number of anilines is 2. The van der Waals surface area contributed by atoms with E-state index in [0.29, 0.717) is 33.1 Å². The Morgan fingerprint density at radius 3 is 2.58 bits per heavy atom. The van der Waals surface area contributed by atoms with Gasteiger partial charge in [0.25, 0.3) is 0 Å². The summed E-state index contributed by atoms with van der Waals surface area (Å²) in [6.45, 7) is 2.70. The molecule has 2 rings (SSSR count). The van der Waals surface area contributed by atoms with Crippen molar-refractivity contribution < 1.29 is 9.47 Å². The lowest BCUT2D eigenvalue weighted by Gasteiger charge is -2.16. The molecule has 5 nitrogen and oxygen atoms in total. The molecule has 1 heterocycles. The quantitative estimate of drug-likeness (QED) is 0.902. The van der Waals surface area contributed by atoms with Crippen molar-refractivity contribution in [2.24, 2.45) is 0 Å². The number of benzene rings is 1. The Hall–Kier alpha value is -1.88. The van der Waals surface area contributed by atoms with E-state index in [2.05, 4.69) is 10.3 Å². The number of halogens is 1. The van der Waals surface area contributed by atoms with E-state index in [1.807, 2.05) is 6.92 Å². The van der Waals surface area contributed by atoms with E-state index in [0.717, 1.165) is 12.2 Å². The second-order valence-corrected chi connectivity index (χ2v) is 4.32. The first kappa shape index (κ1) is 13.5. The summed E-state index contributed by atoms with van der Waals surface area (Å²) < 4.78 is 10.6. The summed E-state index contributed by atoms with van der Waals surface area (Å²) in [5.41, 5.74) is 7.89. The Kier molecular flexibility index (Phi) is 3.85. The fourth-order valence-electron chi connectivity index (χ4n) is 1.97. The molecule has 0 saturated carbocycles. The van der Waals surface area contributed by atoms with Crippen molar-refractivity contribution >= 4 is 33.9 Å². The summed E-state index contributed by atoms with van der Waals surface area (Å²) in [5.74, 6) is 1.12. The summed E-state index contributed by atoms with van der Waals surface area (Å²) in [5, 5.41) is 4.38. The average Bonchev–Trinajstić information content (AvgIpc) is 2.42. The van der Waals surface area contributed by atoms with Gasteiger partial charge in [0.1, 0.15) is 17.0 Å². The number of nitrogens with one attached hydrogen (secondary N) is 1. The molecule has 0 aliphatic rings. The van der Waals surface area contributed by atoms with Gasteiger partial charge >= 0.3 is 0 Å². The number of ether oxygens (including phenoxy) is 2.